The van der Waals surface area contributed by atoms with Crippen LogP contribution in [0.25, 0.3) is 0 Å². The highest BCUT2D eigenvalue weighted by Gasteiger charge is 2.08. The molecule has 2 rings (SSSR count). The van der Waals surface area contributed by atoms with E-state index in [0.29, 0.717) is 18.2 Å². The number of anilines is 2. The molecule has 0 fully saturated rings. The van der Waals surface area contributed by atoms with Gasteiger partial charge < -0.3 is 16.2 Å². The van der Waals surface area contributed by atoms with Crippen LogP contribution in [0.4, 0.5) is 11.6 Å². The molecule has 6 heteroatoms. The number of aliphatic hydroxyl groups is 1. The molecule has 19 heavy (non-hydrogen) atoms. The molecule has 0 aliphatic rings. The fourth-order valence-electron chi connectivity index (χ4n) is 1.73. The van der Waals surface area contributed by atoms with Gasteiger partial charge in [0, 0.05) is 19.0 Å². The van der Waals surface area contributed by atoms with E-state index in [1.807, 2.05) is 16.8 Å². The summed E-state index contributed by atoms with van der Waals surface area (Å²) >= 11 is 1.57. The number of nitrogens with zero attached hydrogens (tertiary/aromatic N) is 2. The Bertz CT molecular complexity index is 515. The summed E-state index contributed by atoms with van der Waals surface area (Å²) in [4.78, 5) is 8.53. The standard InChI is InChI=1S/C13H18N4OS/c1-2-3-12-16-11(14)6-13(17-12)15-7-10(18)9-4-5-19-8-9/h4-6,8,10,18H,2-3,7H2,1H3,(H3,14,15,16,17). The molecule has 1 unspecified atom stereocenters. The summed E-state index contributed by atoms with van der Waals surface area (Å²) in [6.45, 7) is 2.47. The zero-order valence-electron chi connectivity index (χ0n) is 10.8. The molecule has 0 spiro atoms. The molecule has 0 bridgehead atoms. The van der Waals surface area contributed by atoms with Gasteiger partial charge in [-0.3, -0.25) is 0 Å². The van der Waals surface area contributed by atoms with Crippen LogP contribution in [0.5, 0.6) is 0 Å². The summed E-state index contributed by atoms with van der Waals surface area (Å²) in [5.41, 5.74) is 6.65. The van der Waals surface area contributed by atoms with E-state index < -0.39 is 6.10 Å². The molecule has 0 saturated carbocycles. The Kier molecular flexibility index (Phi) is 4.70. The Hall–Kier alpha value is -1.66. The average Bonchev–Trinajstić information content (AvgIpc) is 2.89. The SMILES string of the molecule is CCCc1nc(N)cc(NCC(O)c2ccsc2)n1. The maximum Gasteiger partial charge on any atom is 0.133 e. The first-order valence-electron chi connectivity index (χ1n) is 6.26. The van der Waals surface area contributed by atoms with Crippen LogP contribution in [0.3, 0.4) is 0 Å². The van der Waals surface area contributed by atoms with Gasteiger partial charge in [-0.15, -0.1) is 0 Å². The summed E-state index contributed by atoms with van der Waals surface area (Å²) in [6.07, 6.45) is 1.23. The van der Waals surface area contributed by atoms with Gasteiger partial charge in [0.15, 0.2) is 0 Å². The summed E-state index contributed by atoms with van der Waals surface area (Å²) in [7, 11) is 0. The van der Waals surface area contributed by atoms with Gasteiger partial charge in [-0.2, -0.15) is 11.3 Å². The van der Waals surface area contributed by atoms with Crippen molar-refractivity contribution in [1.82, 2.24) is 9.97 Å². The molecule has 0 radical (unpaired) electrons. The first-order chi connectivity index (χ1) is 9.19. The highest BCUT2D eigenvalue weighted by Crippen LogP contribution is 2.17. The summed E-state index contributed by atoms with van der Waals surface area (Å²) < 4.78 is 0. The van der Waals surface area contributed by atoms with E-state index in [1.54, 1.807) is 17.4 Å². The number of aryl methyl sites for hydroxylation is 1. The Balaban J connectivity index is 1.99. The molecule has 4 N–H and O–H groups in total. The molecule has 0 saturated heterocycles. The van der Waals surface area contributed by atoms with Crippen molar-refractivity contribution in [3.05, 3.63) is 34.3 Å². The lowest BCUT2D eigenvalue weighted by molar-refractivity contribution is 0.192. The van der Waals surface area contributed by atoms with Gasteiger partial charge in [-0.1, -0.05) is 6.92 Å². The molecular formula is C13H18N4OS. The van der Waals surface area contributed by atoms with Gasteiger partial charge >= 0.3 is 0 Å². The summed E-state index contributed by atoms with van der Waals surface area (Å²) in [5.74, 6) is 1.84. The smallest absolute Gasteiger partial charge is 0.133 e. The second-order valence-corrected chi connectivity index (χ2v) is 5.08. The number of rotatable bonds is 6. The van der Waals surface area contributed by atoms with Crippen molar-refractivity contribution in [2.24, 2.45) is 0 Å². The minimum atomic E-state index is -0.544. The lowest BCUT2D eigenvalue weighted by Gasteiger charge is -2.12. The van der Waals surface area contributed by atoms with Crippen LogP contribution in [0.15, 0.2) is 22.9 Å². The number of thiophene rings is 1. The predicted octanol–water partition coefficient (Wildman–Crippen LogP) is 2.22. The second-order valence-electron chi connectivity index (χ2n) is 4.30. The normalized spacial score (nSPS) is 12.3. The quantitative estimate of drug-likeness (QED) is 0.754. The number of aliphatic hydroxyl groups excluding tert-OH is 1. The molecule has 1 atom stereocenters. The van der Waals surface area contributed by atoms with E-state index in [9.17, 15) is 5.11 Å². The third-order valence-corrected chi connectivity index (χ3v) is 3.37. The zero-order chi connectivity index (χ0) is 13.7. The van der Waals surface area contributed by atoms with Gasteiger partial charge in [0.1, 0.15) is 17.5 Å². The summed E-state index contributed by atoms with van der Waals surface area (Å²) in [6, 6.07) is 3.59. The number of hydrogen-bond acceptors (Lipinski definition) is 6. The van der Waals surface area contributed by atoms with Crippen molar-refractivity contribution in [2.75, 3.05) is 17.6 Å². The van der Waals surface area contributed by atoms with Crippen molar-refractivity contribution < 1.29 is 5.11 Å². The summed E-state index contributed by atoms with van der Waals surface area (Å²) in [5, 5.41) is 17.0. The lowest BCUT2D eigenvalue weighted by atomic mass is 10.2. The highest BCUT2D eigenvalue weighted by molar-refractivity contribution is 7.07. The third kappa shape index (κ3) is 3.90. The maximum absolute atomic E-state index is 9.98. The Morgan fingerprint density at radius 3 is 3.00 bits per heavy atom. The number of nitrogen functional groups attached to an aromatic ring is 1. The van der Waals surface area contributed by atoms with Gasteiger partial charge in [-0.05, 0) is 28.8 Å². The second kappa shape index (κ2) is 6.49. The molecule has 0 aliphatic heterocycles. The molecule has 0 aliphatic carbocycles. The van der Waals surface area contributed by atoms with E-state index >= 15 is 0 Å². The first kappa shape index (κ1) is 13.8. The van der Waals surface area contributed by atoms with Gasteiger partial charge in [0.05, 0.1) is 6.10 Å². The van der Waals surface area contributed by atoms with E-state index in [1.165, 1.54) is 0 Å². The van der Waals surface area contributed by atoms with Gasteiger partial charge in [-0.25, -0.2) is 9.97 Å². The van der Waals surface area contributed by atoms with Gasteiger partial charge in [0.2, 0.25) is 0 Å². The molecule has 5 nitrogen and oxygen atoms in total. The topological polar surface area (TPSA) is 84.1 Å². The Morgan fingerprint density at radius 1 is 1.47 bits per heavy atom. The van der Waals surface area contributed by atoms with E-state index in [-0.39, 0.29) is 0 Å². The number of nitrogens with one attached hydrogen (secondary N) is 1. The Morgan fingerprint density at radius 2 is 2.32 bits per heavy atom. The minimum Gasteiger partial charge on any atom is -0.387 e. The minimum absolute atomic E-state index is 0.402. The molecule has 2 heterocycles. The fourth-order valence-corrected chi connectivity index (χ4v) is 2.43. The average molecular weight is 278 g/mol. The van der Waals surface area contributed by atoms with Crippen LogP contribution < -0.4 is 11.1 Å². The van der Waals surface area contributed by atoms with Gasteiger partial charge in [0.25, 0.3) is 0 Å². The first-order valence-corrected chi connectivity index (χ1v) is 7.20. The number of hydrogen-bond donors (Lipinski definition) is 3. The lowest BCUT2D eigenvalue weighted by Crippen LogP contribution is -2.13. The largest absolute Gasteiger partial charge is 0.387 e. The van der Waals surface area contributed by atoms with Crippen LogP contribution in [0.2, 0.25) is 0 Å². The van der Waals surface area contributed by atoms with Crippen molar-refractivity contribution in [3.8, 4) is 0 Å². The van der Waals surface area contributed by atoms with Crippen LogP contribution >= 0.6 is 11.3 Å². The van der Waals surface area contributed by atoms with Crippen LogP contribution in [0.1, 0.15) is 30.8 Å². The molecule has 0 amide bonds. The van der Waals surface area contributed by atoms with E-state index in [4.69, 9.17) is 5.73 Å². The fraction of sp³-hybridized carbons (Fsp3) is 0.385. The predicted molar refractivity (Wildman–Crippen MR) is 78.2 cm³/mol. The third-order valence-electron chi connectivity index (χ3n) is 2.67. The monoisotopic (exact) mass is 278 g/mol. The molecule has 2 aromatic rings. The highest BCUT2D eigenvalue weighted by atomic mass is 32.1. The van der Waals surface area contributed by atoms with Crippen LogP contribution in [0, 0.1) is 0 Å². The van der Waals surface area contributed by atoms with E-state index in [2.05, 4.69) is 22.2 Å². The Labute approximate surface area is 116 Å². The van der Waals surface area contributed by atoms with E-state index in [0.717, 1.165) is 24.2 Å². The molecule has 2 aromatic heterocycles. The number of nitrogens with two attached hydrogens (primary N) is 1. The van der Waals surface area contributed by atoms with Crippen molar-refractivity contribution in [1.29, 1.82) is 0 Å². The number of aromatic nitrogens is 2. The maximum atomic E-state index is 9.98. The van der Waals surface area contributed by atoms with Crippen LogP contribution in [-0.2, 0) is 6.42 Å². The molecule has 0 aromatic carbocycles. The zero-order valence-corrected chi connectivity index (χ0v) is 11.7. The van der Waals surface area contributed by atoms with Crippen molar-refractivity contribution in [2.45, 2.75) is 25.9 Å². The van der Waals surface area contributed by atoms with Crippen molar-refractivity contribution in [3.63, 3.8) is 0 Å². The molecule has 102 valence electrons. The molecular weight excluding hydrogens is 260 g/mol. The van der Waals surface area contributed by atoms with Crippen molar-refractivity contribution >= 4 is 23.0 Å². The van der Waals surface area contributed by atoms with Crippen LogP contribution in [-0.4, -0.2) is 21.6 Å².